The number of benzene rings is 1. The molecule has 3 N–H and O–H groups in total. The van der Waals surface area contributed by atoms with E-state index in [2.05, 4.69) is 25.8 Å². The van der Waals surface area contributed by atoms with Crippen LogP contribution in [0.5, 0.6) is 5.75 Å². The van der Waals surface area contributed by atoms with Crippen molar-refractivity contribution < 1.29 is 14.3 Å². The zero-order chi connectivity index (χ0) is 18.2. The van der Waals surface area contributed by atoms with Crippen LogP contribution in [0.25, 0.3) is 11.4 Å². The van der Waals surface area contributed by atoms with Crippen LogP contribution in [0.2, 0.25) is 0 Å². The molecule has 3 amide bonds. The Balaban J connectivity index is 1.84. The van der Waals surface area contributed by atoms with Crippen molar-refractivity contribution in [3.05, 3.63) is 24.3 Å². The molecule has 0 bridgehead atoms. The first-order valence-electron chi connectivity index (χ1n) is 7.81. The summed E-state index contributed by atoms with van der Waals surface area (Å²) >= 11 is 1.15. The van der Waals surface area contributed by atoms with Crippen LogP contribution in [0.4, 0.5) is 4.79 Å². The van der Waals surface area contributed by atoms with Crippen molar-refractivity contribution in [2.75, 3.05) is 12.9 Å². The molecule has 2 rings (SSSR count). The van der Waals surface area contributed by atoms with Crippen molar-refractivity contribution >= 4 is 23.7 Å². The van der Waals surface area contributed by atoms with Gasteiger partial charge >= 0.3 is 6.03 Å². The van der Waals surface area contributed by atoms with E-state index in [4.69, 9.17) is 4.74 Å². The third kappa shape index (κ3) is 5.79. The highest BCUT2D eigenvalue weighted by Crippen LogP contribution is 2.21. The summed E-state index contributed by atoms with van der Waals surface area (Å²) in [4.78, 5) is 27.7. The Bertz CT molecular complexity index is 717. The quantitative estimate of drug-likeness (QED) is 0.651. The average molecular weight is 363 g/mol. The molecule has 1 heterocycles. The van der Waals surface area contributed by atoms with Gasteiger partial charge in [-0.15, -0.1) is 5.10 Å². The van der Waals surface area contributed by atoms with Gasteiger partial charge in [0.2, 0.25) is 11.1 Å². The van der Waals surface area contributed by atoms with Gasteiger partial charge in [0.1, 0.15) is 5.75 Å². The Kier molecular flexibility index (Phi) is 6.81. The molecule has 0 unspecified atom stereocenters. The number of aromatic amines is 1. The maximum absolute atomic E-state index is 11.8. The van der Waals surface area contributed by atoms with E-state index in [0.29, 0.717) is 11.0 Å². The summed E-state index contributed by atoms with van der Waals surface area (Å²) in [7, 11) is 1.60. The summed E-state index contributed by atoms with van der Waals surface area (Å²) < 4.78 is 5.11. The van der Waals surface area contributed by atoms with Crippen LogP contribution < -0.4 is 15.4 Å². The number of imide groups is 1. The molecule has 1 atom stereocenters. The van der Waals surface area contributed by atoms with Crippen molar-refractivity contribution in [2.24, 2.45) is 0 Å². The van der Waals surface area contributed by atoms with Crippen LogP contribution in [0.1, 0.15) is 20.3 Å². The Hall–Kier alpha value is -2.55. The zero-order valence-corrected chi connectivity index (χ0v) is 15.1. The summed E-state index contributed by atoms with van der Waals surface area (Å²) in [6, 6.07) is 6.90. The zero-order valence-electron chi connectivity index (χ0n) is 14.3. The van der Waals surface area contributed by atoms with Crippen LogP contribution in [0, 0.1) is 0 Å². The molecule has 8 nitrogen and oxygen atoms in total. The highest BCUT2D eigenvalue weighted by atomic mass is 32.2. The Morgan fingerprint density at radius 1 is 1.32 bits per heavy atom. The molecule has 25 heavy (non-hydrogen) atoms. The molecule has 134 valence electrons. The number of amides is 3. The molecule has 0 aliphatic heterocycles. The Morgan fingerprint density at radius 2 is 2.04 bits per heavy atom. The lowest BCUT2D eigenvalue weighted by atomic mass is 10.2. The lowest BCUT2D eigenvalue weighted by Gasteiger charge is -2.11. The first-order valence-corrected chi connectivity index (χ1v) is 8.80. The molecule has 0 aliphatic carbocycles. The molecule has 2 aromatic rings. The second-order valence-electron chi connectivity index (χ2n) is 5.31. The summed E-state index contributed by atoms with van der Waals surface area (Å²) in [5.41, 5.74) is 0.859. The number of methoxy groups -OCH3 is 1. The normalized spacial score (nSPS) is 11.6. The minimum absolute atomic E-state index is 0.0144. The van der Waals surface area contributed by atoms with Gasteiger partial charge in [-0.1, -0.05) is 18.7 Å². The van der Waals surface area contributed by atoms with E-state index >= 15 is 0 Å². The van der Waals surface area contributed by atoms with Crippen LogP contribution in [-0.2, 0) is 4.79 Å². The second kappa shape index (κ2) is 9.07. The number of rotatable bonds is 7. The van der Waals surface area contributed by atoms with Crippen molar-refractivity contribution in [2.45, 2.75) is 31.5 Å². The monoisotopic (exact) mass is 363 g/mol. The average Bonchev–Trinajstić information content (AvgIpc) is 3.08. The number of hydrogen-bond acceptors (Lipinski definition) is 6. The number of H-pyrrole nitrogens is 1. The largest absolute Gasteiger partial charge is 0.497 e. The van der Waals surface area contributed by atoms with Gasteiger partial charge < -0.3 is 10.1 Å². The van der Waals surface area contributed by atoms with Crippen molar-refractivity contribution in [1.29, 1.82) is 0 Å². The minimum Gasteiger partial charge on any atom is -0.497 e. The van der Waals surface area contributed by atoms with Gasteiger partial charge in [-0.25, -0.2) is 9.78 Å². The van der Waals surface area contributed by atoms with Crippen LogP contribution in [-0.4, -0.2) is 46.0 Å². The Morgan fingerprint density at radius 3 is 2.68 bits per heavy atom. The van der Waals surface area contributed by atoms with Gasteiger partial charge in [0.15, 0.2) is 5.82 Å². The third-order valence-electron chi connectivity index (χ3n) is 3.40. The number of carbonyl (C=O) groups excluding carboxylic acids is 2. The van der Waals surface area contributed by atoms with Gasteiger partial charge in [-0.3, -0.25) is 15.2 Å². The fourth-order valence-corrected chi connectivity index (χ4v) is 2.44. The summed E-state index contributed by atoms with van der Waals surface area (Å²) in [6.45, 7) is 3.82. The summed E-state index contributed by atoms with van der Waals surface area (Å²) in [5.74, 6) is 1.00. The lowest BCUT2D eigenvalue weighted by Crippen LogP contribution is -2.43. The number of hydrogen-bond donors (Lipinski definition) is 3. The van der Waals surface area contributed by atoms with Gasteiger partial charge in [0, 0.05) is 11.6 Å². The lowest BCUT2D eigenvalue weighted by molar-refractivity contribution is -0.117. The maximum atomic E-state index is 11.8. The van der Waals surface area contributed by atoms with Crippen molar-refractivity contribution in [3.63, 3.8) is 0 Å². The van der Waals surface area contributed by atoms with E-state index in [9.17, 15) is 9.59 Å². The van der Waals surface area contributed by atoms with Crippen LogP contribution in [0.3, 0.4) is 0 Å². The molecule has 0 aliphatic rings. The number of nitrogens with zero attached hydrogens (tertiary/aromatic N) is 2. The fraction of sp³-hybridized carbons (Fsp3) is 0.375. The van der Waals surface area contributed by atoms with Gasteiger partial charge in [-0.05, 0) is 37.6 Å². The molecule has 0 fully saturated rings. The molecular formula is C16H21N5O3S. The van der Waals surface area contributed by atoms with Crippen LogP contribution in [0.15, 0.2) is 29.4 Å². The molecule has 0 spiro atoms. The van der Waals surface area contributed by atoms with Gasteiger partial charge in [-0.2, -0.15) is 0 Å². The van der Waals surface area contributed by atoms with Crippen LogP contribution >= 0.6 is 11.8 Å². The number of aromatic nitrogens is 3. The predicted molar refractivity (Wildman–Crippen MR) is 95.5 cm³/mol. The van der Waals surface area contributed by atoms with E-state index in [1.54, 1.807) is 7.11 Å². The van der Waals surface area contributed by atoms with E-state index in [-0.39, 0.29) is 11.8 Å². The maximum Gasteiger partial charge on any atom is 0.321 e. The highest BCUT2D eigenvalue weighted by Gasteiger charge is 2.12. The second-order valence-corrected chi connectivity index (χ2v) is 6.26. The van der Waals surface area contributed by atoms with E-state index < -0.39 is 11.9 Å². The number of urea groups is 1. The van der Waals surface area contributed by atoms with Gasteiger partial charge in [0.25, 0.3) is 0 Å². The van der Waals surface area contributed by atoms with Crippen molar-refractivity contribution in [3.8, 4) is 17.1 Å². The Labute approximate surface area is 150 Å². The first-order chi connectivity index (χ1) is 12.0. The van der Waals surface area contributed by atoms with Gasteiger partial charge in [0.05, 0.1) is 12.9 Å². The van der Waals surface area contributed by atoms with E-state index in [1.165, 1.54) is 0 Å². The smallest absolute Gasteiger partial charge is 0.321 e. The number of ether oxygens (including phenoxy) is 1. The molecule has 9 heteroatoms. The summed E-state index contributed by atoms with van der Waals surface area (Å²) in [5, 5.41) is 12.3. The number of nitrogens with one attached hydrogen (secondary N) is 3. The molecule has 0 radical (unpaired) electrons. The number of carbonyl (C=O) groups is 2. The summed E-state index contributed by atoms with van der Waals surface area (Å²) in [6.07, 6.45) is 0.793. The SMILES string of the molecule is CC[C@@H](C)NC(=O)NC(=O)CSc1n[nH]c(-c2ccc(OC)cc2)n1. The third-order valence-corrected chi connectivity index (χ3v) is 4.25. The van der Waals surface area contributed by atoms with Crippen molar-refractivity contribution in [1.82, 2.24) is 25.8 Å². The van der Waals surface area contributed by atoms with E-state index in [0.717, 1.165) is 29.5 Å². The molecule has 1 aromatic carbocycles. The predicted octanol–water partition coefficient (Wildman–Crippen LogP) is 2.20. The molecular weight excluding hydrogens is 342 g/mol. The highest BCUT2D eigenvalue weighted by molar-refractivity contribution is 7.99. The van der Waals surface area contributed by atoms with E-state index in [1.807, 2.05) is 38.1 Å². The first kappa shape index (κ1) is 18.8. The minimum atomic E-state index is -0.492. The molecule has 1 aromatic heterocycles. The molecule has 0 saturated carbocycles. The number of thioether (sulfide) groups is 1. The fourth-order valence-electron chi connectivity index (χ4n) is 1.84. The standard InChI is InChI=1S/C16H21N5O3S/c1-4-10(2)17-15(23)18-13(22)9-25-16-19-14(20-21-16)11-5-7-12(24-3)8-6-11/h5-8,10H,4,9H2,1-3H3,(H,19,20,21)(H2,17,18,22,23)/t10-/m1/s1. The topological polar surface area (TPSA) is 109 Å². The molecule has 0 saturated heterocycles.